The number of halogens is 3. The molecule has 0 aliphatic carbocycles. The van der Waals surface area contributed by atoms with Crippen molar-refractivity contribution < 1.29 is 26.7 Å². The molecule has 2 aromatic carbocycles. The van der Waals surface area contributed by atoms with Crippen molar-refractivity contribution in [2.45, 2.75) is 23.5 Å². The van der Waals surface area contributed by atoms with E-state index >= 15 is 0 Å². The Hall–Kier alpha value is -2.23. The summed E-state index contributed by atoms with van der Waals surface area (Å²) in [6.07, 6.45) is -0.299. The predicted molar refractivity (Wildman–Crippen MR) is 122 cm³/mol. The molecule has 1 aliphatic heterocycles. The van der Waals surface area contributed by atoms with Gasteiger partial charge in [-0.05, 0) is 55.9 Å². The fraction of sp³-hybridized carbons (Fsp3) is 0.435. The van der Waals surface area contributed by atoms with E-state index in [4.69, 9.17) is 16.3 Å². The second kappa shape index (κ2) is 10.8. The number of ether oxygens (including phenoxy) is 1. The molecule has 180 valence electrons. The van der Waals surface area contributed by atoms with Gasteiger partial charge in [-0.1, -0.05) is 18.5 Å². The van der Waals surface area contributed by atoms with Crippen LogP contribution in [-0.4, -0.2) is 64.1 Å². The first kappa shape index (κ1) is 25.4. The van der Waals surface area contributed by atoms with Crippen molar-refractivity contribution >= 4 is 27.5 Å². The molecule has 1 amide bonds. The normalized spacial score (nSPS) is 16.9. The van der Waals surface area contributed by atoms with Crippen LogP contribution in [0, 0.1) is 17.6 Å². The zero-order valence-electron chi connectivity index (χ0n) is 18.5. The summed E-state index contributed by atoms with van der Waals surface area (Å²) < 4.78 is 61.5. The highest BCUT2D eigenvalue weighted by Gasteiger charge is 2.38. The fourth-order valence-corrected chi connectivity index (χ4v) is 6.08. The summed E-state index contributed by atoms with van der Waals surface area (Å²) in [7, 11) is -2.22. The molecule has 1 heterocycles. The smallest absolute Gasteiger partial charge is 0.409 e. The molecular weight excluding hydrogens is 474 g/mol. The van der Waals surface area contributed by atoms with Gasteiger partial charge >= 0.3 is 6.09 Å². The van der Waals surface area contributed by atoms with Gasteiger partial charge < -0.3 is 14.5 Å². The van der Waals surface area contributed by atoms with Crippen molar-refractivity contribution in [2.75, 3.05) is 39.8 Å². The van der Waals surface area contributed by atoms with Gasteiger partial charge in [0, 0.05) is 42.7 Å². The van der Waals surface area contributed by atoms with Crippen LogP contribution in [-0.2, 0) is 14.6 Å². The van der Waals surface area contributed by atoms with Gasteiger partial charge in [-0.2, -0.15) is 0 Å². The third-order valence-corrected chi connectivity index (χ3v) is 8.36. The molecule has 1 fully saturated rings. The Morgan fingerprint density at radius 3 is 2.33 bits per heavy atom. The lowest BCUT2D eigenvalue weighted by molar-refractivity contribution is 0.0689. The highest BCUT2D eigenvalue weighted by atomic mass is 35.5. The summed E-state index contributed by atoms with van der Waals surface area (Å²) in [4.78, 5) is 16.1. The van der Waals surface area contributed by atoms with Gasteiger partial charge in [-0.15, -0.1) is 0 Å². The number of benzene rings is 2. The number of carbonyl (C=O) groups excluding carboxylic acids is 1. The second-order valence-electron chi connectivity index (χ2n) is 8.12. The van der Waals surface area contributed by atoms with Crippen LogP contribution in [0.1, 0.15) is 24.2 Å². The van der Waals surface area contributed by atoms with Gasteiger partial charge in [0.1, 0.15) is 11.6 Å². The Morgan fingerprint density at radius 1 is 1.09 bits per heavy atom. The lowest BCUT2D eigenvalue weighted by Gasteiger charge is -2.32. The summed E-state index contributed by atoms with van der Waals surface area (Å²) >= 11 is 5.89. The highest BCUT2D eigenvalue weighted by molar-refractivity contribution is 7.91. The Labute approximate surface area is 198 Å². The first-order valence-corrected chi connectivity index (χ1v) is 12.6. The van der Waals surface area contributed by atoms with Crippen molar-refractivity contribution in [1.82, 2.24) is 9.80 Å². The molecule has 1 saturated heterocycles. The first-order valence-electron chi connectivity index (χ1n) is 10.7. The third kappa shape index (κ3) is 6.02. The van der Waals surface area contributed by atoms with E-state index in [-0.39, 0.29) is 23.5 Å². The predicted octanol–water partition coefficient (Wildman–Crippen LogP) is 4.54. The van der Waals surface area contributed by atoms with Crippen molar-refractivity contribution in [3.05, 3.63) is 64.7 Å². The molecule has 0 bridgehead atoms. The summed E-state index contributed by atoms with van der Waals surface area (Å²) in [6, 6.07) is 8.20. The van der Waals surface area contributed by atoms with Crippen LogP contribution >= 0.6 is 11.6 Å². The molecule has 1 aliphatic rings. The zero-order valence-corrected chi connectivity index (χ0v) is 20.1. The molecule has 3 rings (SSSR count). The number of likely N-dealkylation sites (N-methyl/N-ethyl adjacent to an activating group) is 1. The standard InChI is InChI=1S/C23H27ClF2N2O4S/c1-3-16(15-32-23(29)28-12-10-27(2)11-13-28)22(20-14-18(25)6-9-21(20)26)33(30,31)19-7-4-17(24)5-8-19/h4-9,14,16,22H,3,10-13,15H2,1-2H3. The highest BCUT2D eigenvalue weighted by Crippen LogP contribution is 2.39. The molecule has 0 spiro atoms. The van der Waals surface area contributed by atoms with Crippen LogP contribution in [0.15, 0.2) is 47.4 Å². The van der Waals surface area contributed by atoms with Gasteiger partial charge in [0.2, 0.25) is 0 Å². The van der Waals surface area contributed by atoms with Crippen LogP contribution in [0.2, 0.25) is 5.02 Å². The maximum Gasteiger partial charge on any atom is 0.409 e. The molecule has 2 unspecified atom stereocenters. The SMILES string of the molecule is CCC(COC(=O)N1CCN(C)CC1)C(c1cc(F)ccc1F)S(=O)(=O)c1ccc(Cl)cc1. The molecule has 6 nitrogen and oxygen atoms in total. The van der Waals surface area contributed by atoms with Gasteiger partial charge in [-0.3, -0.25) is 0 Å². The minimum Gasteiger partial charge on any atom is -0.449 e. The summed E-state index contributed by atoms with van der Waals surface area (Å²) in [5.41, 5.74) is -0.299. The van der Waals surface area contributed by atoms with E-state index in [0.29, 0.717) is 31.2 Å². The van der Waals surface area contributed by atoms with Crippen molar-refractivity contribution in [3.8, 4) is 0 Å². The van der Waals surface area contributed by atoms with Crippen LogP contribution in [0.4, 0.5) is 13.6 Å². The van der Waals surface area contributed by atoms with E-state index in [2.05, 4.69) is 4.90 Å². The first-order chi connectivity index (χ1) is 15.6. The van der Waals surface area contributed by atoms with E-state index in [1.165, 1.54) is 24.3 Å². The van der Waals surface area contributed by atoms with E-state index in [1.807, 2.05) is 7.05 Å². The number of sulfone groups is 1. The van der Waals surface area contributed by atoms with Crippen LogP contribution in [0.5, 0.6) is 0 Å². The van der Waals surface area contributed by atoms with Crippen LogP contribution in [0.25, 0.3) is 0 Å². The molecule has 0 aromatic heterocycles. The Kier molecular flexibility index (Phi) is 8.31. The number of rotatable bonds is 7. The van der Waals surface area contributed by atoms with Crippen molar-refractivity contribution in [2.24, 2.45) is 5.92 Å². The molecule has 0 radical (unpaired) electrons. The molecule has 0 saturated carbocycles. The molecule has 2 aromatic rings. The van der Waals surface area contributed by atoms with E-state index < -0.39 is 38.7 Å². The lowest BCUT2D eigenvalue weighted by Crippen LogP contribution is -2.47. The zero-order chi connectivity index (χ0) is 24.2. The Morgan fingerprint density at radius 2 is 1.73 bits per heavy atom. The van der Waals surface area contributed by atoms with Gasteiger partial charge in [0.15, 0.2) is 9.84 Å². The van der Waals surface area contributed by atoms with Crippen molar-refractivity contribution in [3.63, 3.8) is 0 Å². The maximum atomic E-state index is 14.8. The van der Waals surface area contributed by atoms with Crippen molar-refractivity contribution in [1.29, 1.82) is 0 Å². The minimum atomic E-state index is -4.18. The number of nitrogens with zero attached hydrogens (tertiary/aromatic N) is 2. The molecule has 0 N–H and O–H groups in total. The average Bonchev–Trinajstić information content (AvgIpc) is 2.79. The monoisotopic (exact) mass is 500 g/mol. The van der Waals surface area contributed by atoms with E-state index in [9.17, 15) is 22.0 Å². The number of hydrogen-bond acceptors (Lipinski definition) is 5. The third-order valence-electron chi connectivity index (χ3n) is 5.88. The van der Waals surface area contributed by atoms with E-state index in [0.717, 1.165) is 18.2 Å². The van der Waals surface area contributed by atoms with Gasteiger partial charge in [-0.25, -0.2) is 22.0 Å². The van der Waals surface area contributed by atoms with Gasteiger partial charge in [0.25, 0.3) is 0 Å². The number of hydrogen-bond donors (Lipinski definition) is 0. The van der Waals surface area contributed by atoms with E-state index in [1.54, 1.807) is 11.8 Å². The molecule has 2 atom stereocenters. The molecular formula is C23H27ClF2N2O4S. The Balaban J connectivity index is 1.92. The lowest BCUT2D eigenvalue weighted by atomic mass is 9.96. The van der Waals surface area contributed by atoms with Gasteiger partial charge in [0.05, 0.1) is 16.8 Å². The average molecular weight is 501 g/mol. The summed E-state index contributed by atoms with van der Waals surface area (Å²) in [5, 5.41) is -1.12. The van der Waals surface area contributed by atoms with Crippen LogP contribution < -0.4 is 0 Å². The maximum absolute atomic E-state index is 14.8. The second-order valence-corrected chi connectivity index (χ2v) is 10.6. The minimum absolute atomic E-state index is 0.0793. The van der Waals surface area contributed by atoms with Crippen LogP contribution in [0.3, 0.4) is 0 Å². The molecule has 10 heteroatoms. The Bertz CT molecular complexity index is 1070. The summed E-state index contributed by atoms with van der Waals surface area (Å²) in [5.74, 6) is -2.41. The number of carbonyl (C=O) groups is 1. The quantitative estimate of drug-likeness (QED) is 0.558. The fourth-order valence-electron chi connectivity index (χ4n) is 3.86. The number of piperazine rings is 1. The molecule has 33 heavy (non-hydrogen) atoms. The number of amides is 1. The summed E-state index contributed by atoms with van der Waals surface area (Å²) in [6.45, 7) is 3.86. The largest absolute Gasteiger partial charge is 0.449 e. The topological polar surface area (TPSA) is 66.9 Å².